The van der Waals surface area contributed by atoms with Gasteiger partial charge in [-0.05, 0) is 28.7 Å². The second-order valence-corrected chi connectivity index (χ2v) is 3.58. The lowest BCUT2D eigenvalue weighted by atomic mass is 10.1. The lowest BCUT2D eigenvalue weighted by molar-refractivity contribution is 1.26. The first-order valence-electron chi connectivity index (χ1n) is 5.01. The van der Waals surface area contributed by atoms with Crippen molar-refractivity contribution in [1.82, 2.24) is 0 Å². The number of fused-ring (bicyclic) bond motifs is 3. The van der Waals surface area contributed by atoms with Gasteiger partial charge in [0.15, 0.2) is 0 Å². The van der Waals surface area contributed by atoms with Gasteiger partial charge < -0.3 is 11.1 Å². The standard InChI is InChI=1S/C13H10.N3/c1-3-7-12-10(5-1)9-11-6-2-4-8-13(11)12;1-3-2/h1-8H,9H2;/q;-1. The van der Waals surface area contributed by atoms with E-state index < -0.39 is 0 Å². The average molecular weight is 208 g/mol. The van der Waals surface area contributed by atoms with Crippen LogP contribution in [0.4, 0.5) is 0 Å². The third-order valence-corrected chi connectivity index (χ3v) is 2.71. The highest BCUT2D eigenvalue weighted by molar-refractivity contribution is 5.76. The summed E-state index contributed by atoms with van der Waals surface area (Å²) in [5, 5.41) is 0. The van der Waals surface area contributed by atoms with E-state index in [4.69, 9.17) is 11.1 Å². The maximum Gasteiger partial charge on any atom is -0.00135 e. The van der Waals surface area contributed by atoms with E-state index in [9.17, 15) is 0 Å². The van der Waals surface area contributed by atoms with Crippen LogP contribution in [0.5, 0.6) is 0 Å². The van der Waals surface area contributed by atoms with E-state index in [1.807, 2.05) is 0 Å². The second kappa shape index (κ2) is 4.51. The minimum absolute atomic E-state index is 1.10. The largest absolute Gasteiger partial charge is 0.373 e. The highest BCUT2D eigenvalue weighted by Gasteiger charge is 2.15. The van der Waals surface area contributed by atoms with Crippen LogP contribution >= 0.6 is 0 Å². The molecule has 0 saturated heterocycles. The van der Waals surface area contributed by atoms with Gasteiger partial charge in [-0.25, -0.2) is 0 Å². The van der Waals surface area contributed by atoms with Gasteiger partial charge in [-0.2, -0.15) is 0 Å². The van der Waals surface area contributed by atoms with Gasteiger partial charge in [0.1, 0.15) is 0 Å². The van der Waals surface area contributed by atoms with Gasteiger partial charge in [-0.15, -0.1) is 0 Å². The first kappa shape index (κ1) is 10.3. The average Bonchev–Trinajstić information content (AvgIpc) is 2.68. The molecule has 2 aromatic carbocycles. The highest BCUT2D eigenvalue weighted by Crippen LogP contribution is 2.35. The molecule has 0 spiro atoms. The maximum absolute atomic E-state index is 6.75. The van der Waals surface area contributed by atoms with Crippen LogP contribution in [-0.4, -0.2) is 0 Å². The van der Waals surface area contributed by atoms with Crippen LogP contribution in [0.1, 0.15) is 11.1 Å². The Labute approximate surface area is 93.8 Å². The summed E-state index contributed by atoms with van der Waals surface area (Å²) in [5.41, 5.74) is 19.3. The zero-order valence-electron chi connectivity index (χ0n) is 8.67. The maximum atomic E-state index is 6.75. The Kier molecular flexibility index (Phi) is 2.90. The SMILES string of the molecule is [N-]=[N+]=[N-].c1ccc2c(c1)Cc1ccccc1-2. The van der Waals surface area contributed by atoms with Crippen LogP contribution in [0.2, 0.25) is 0 Å². The summed E-state index contributed by atoms with van der Waals surface area (Å²) in [5.74, 6) is 0. The van der Waals surface area contributed by atoms with Crippen LogP contribution < -0.4 is 0 Å². The second-order valence-electron chi connectivity index (χ2n) is 3.58. The summed E-state index contributed by atoms with van der Waals surface area (Å²) in [7, 11) is 0. The Hall–Kier alpha value is -2.25. The molecular weight excluding hydrogens is 198 g/mol. The summed E-state index contributed by atoms with van der Waals surface area (Å²) in [6.45, 7) is 0. The predicted molar refractivity (Wildman–Crippen MR) is 64.8 cm³/mol. The molecule has 0 aliphatic heterocycles. The van der Waals surface area contributed by atoms with Crippen molar-refractivity contribution in [1.29, 1.82) is 0 Å². The molecule has 1 aliphatic carbocycles. The molecule has 0 saturated carbocycles. The zero-order valence-corrected chi connectivity index (χ0v) is 8.67. The Morgan fingerprint density at radius 2 is 1.12 bits per heavy atom. The van der Waals surface area contributed by atoms with Gasteiger partial charge in [0, 0.05) is 0 Å². The van der Waals surface area contributed by atoms with Crippen molar-refractivity contribution in [3.05, 3.63) is 75.6 Å². The van der Waals surface area contributed by atoms with Crippen molar-refractivity contribution < 1.29 is 0 Å². The lowest BCUT2D eigenvalue weighted by Crippen LogP contribution is -1.77. The fourth-order valence-corrected chi connectivity index (χ4v) is 2.08. The van der Waals surface area contributed by atoms with Gasteiger partial charge in [0.2, 0.25) is 0 Å². The molecule has 0 atom stereocenters. The van der Waals surface area contributed by atoms with E-state index in [2.05, 4.69) is 48.5 Å². The molecule has 0 bridgehead atoms. The predicted octanol–water partition coefficient (Wildman–Crippen LogP) is 4.12. The van der Waals surface area contributed by atoms with E-state index in [1.165, 1.54) is 27.2 Å². The van der Waals surface area contributed by atoms with E-state index in [1.54, 1.807) is 0 Å². The number of benzene rings is 2. The zero-order chi connectivity index (χ0) is 11.4. The molecule has 0 fully saturated rings. The molecule has 3 rings (SSSR count). The molecule has 0 N–H and O–H groups in total. The summed E-state index contributed by atoms with van der Waals surface area (Å²) >= 11 is 0. The molecule has 3 nitrogen and oxygen atoms in total. The number of nitrogens with zero attached hydrogens (tertiary/aromatic N) is 3. The quantitative estimate of drug-likeness (QED) is 0.303. The Balaban J connectivity index is 0.000000292. The van der Waals surface area contributed by atoms with E-state index in [0.717, 1.165) is 6.42 Å². The summed E-state index contributed by atoms with van der Waals surface area (Å²) in [6.07, 6.45) is 1.10. The van der Waals surface area contributed by atoms with E-state index >= 15 is 0 Å². The minimum atomic E-state index is 1.10. The van der Waals surface area contributed by atoms with Crippen molar-refractivity contribution in [2.24, 2.45) is 0 Å². The van der Waals surface area contributed by atoms with Crippen molar-refractivity contribution in [2.75, 3.05) is 0 Å². The topological polar surface area (TPSA) is 58.7 Å². The van der Waals surface area contributed by atoms with Crippen molar-refractivity contribution in [3.8, 4) is 11.1 Å². The molecule has 1 aliphatic rings. The summed E-state index contributed by atoms with van der Waals surface area (Å²) < 4.78 is 0. The van der Waals surface area contributed by atoms with Gasteiger partial charge in [0.25, 0.3) is 0 Å². The smallest absolute Gasteiger partial charge is 0.00135 e. The molecule has 0 radical (unpaired) electrons. The molecule has 2 aromatic rings. The van der Waals surface area contributed by atoms with Crippen LogP contribution in [0.25, 0.3) is 27.1 Å². The summed E-state index contributed by atoms with van der Waals surface area (Å²) in [6, 6.07) is 17.3. The minimum Gasteiger partial charge on any atom is -0.373 e. The fourth-order valence-electron chi connectivity index (χ4n) is 2.08. The molecule has 16 heavy (non-hydrogen) atoms. The fraction of sp³-hybridized carbons (Fsp3) is 0.0769. The molecule has 0 heterocycles. The Morgan fingerprint density at radius 1 is 0.750 bits per heavy atom. The third-order valence-electron chi connectivity index (χ3n) is 2.71. The van der Waals surface area contributed by atoms with Crippen LogP contribution in [0, 0.1) is 0 Å². The summed E-state index contributed by atoms with van der Waals surface area (Å²) in [4.78, 5) is 1.50. The highest BCUT2D eigenvalue weighted by atomic mass is 15.0. The van der Waals surface area contributed by atoms with Crippen LogP contribution in [0.3, 0.4) is 0 Å². The molecule has 3 heteroatoms. The van der Waals surface area contributed by atoms with Crippen molar-refractivity contribution in [3.63, 3.8) is 0 Å². The number of hydrogen-bond acceptors (Lipinski definition) is 0. The number of hydrogen-bond donors (Lipinski definition) is 0. The van der Waals surface area contributed by atoms with E-state index in [0.29, 0.717) is 0 Å². The van der Waals surface area contributed by atoms with Crippen LogP contribution in [0.15, 0.2) is 48.5 Å². The monoisotopic (exact) mass is 208 g/mol. The molecule has 78 valence electrons. The van der Waals surface area contributed by atoms with Gasteiger partial charge >= 0.3 is 0 Å². The Morgan fingerprint density at radius 3 is 1.56 bits per heavy atom. The van der Waals surface area contributed by atoms with Gasteiger partial charge in [-0.1, -0.05) is 48.5 Å². The first-order valence-corrected chi connectivity index (χ1v) is 5.01. The molecule has 0 aromatic heterocycles. The molecule has 0 amide bonds. The normalized spacial score (nSPS) is 10.5. The van der Waals surface area contributed by atoms with Crippen molar-refractivity contribution >= 4 is 0 Å². The van der Waals surface area contributed by atoms with Gasteiger partial charge in [-0.3, -0.25) is 4.91 Å². The van der Waals surface area contributed by atoms with Crippen molar-refractivity contribution in [2.45, 2.75) is 6.42 Å². The lowest BCUT2D eigenvalue weighted by Gasteiger charge is -1.98. The number of rotatable bonds is 0. The Bertz CT molecular complexity index is 497. The van der Waals surface area contributed by atoms with E-state index in [-0.39, 0.29) is 0 Å². The van der Waals surface area contributed by atoms with Gasteiger partial charge in [0.05, 0.1) is 0 Å². The first-order chi connectivity index (χ1) is 7.86. The van der Waals surface area contributed by atoms with Crippen LogP contribution in [-0.2, 0) is 6.42 Å². The third kappa shape index (κ3) is 1.76. The molecule has 0 unspecified atom stereocenters. The molecular formula is C13H10N3-.